The maximum atomic E-state index is 13.0. The molecule has 1 rings (SSSR count). The van der Waals surface area contributed by atoms with Crippen molar-refractivity contribution >= 4 is 5.97 Å². The van der Waals surface area contributed by atoms with Gasteiger partial charge < -0.3 is 0 Å². The van der Waals surface area contributed by atoms with Crippen molar-refractivity contribution < 1.29 is 4.39 Å². The van der Waals surface area contributed by atoms with Crippen LogP contribution in [0.3, 0.4) is 0 Å². The Bertz CT molecular complexity index is 196. The molecule has 0 bridgehead atoms. The third-order valence-corrected chi connectivity index (χ3v) is 2.14. The van der Waals surface area contributed by atoms with Crippen LogP contribution in [0.5, 0.6) is 0 Å². The first kappa shape index (κ1) is 9.43. The van der Waals surface area contributed by atoms with E-state index in [2.05, 4.69) is 11.9 Å². The summed E-state index contributed by atoms with van der Waals surface area (Å²) in [4.78, 5) is 3.96. The largest absolute Gasteiger partial charge is 0.254 e. The quantitative estimate of drug-likeness (QED) is 0.575. The lowest BCUT2D eigenvalue weighted by molar-refractivity contribution is 0.611. The highest BCUT2D eigenvalue weighted by atomic mass is 19.1. The molecule has 0 aliphatic carbocycles. The van der Waals surface area contributed by atoms with E-state index in [4.69, 9.17) is 0 Å². The number of allylic oxidation sites excluding steroid dienone is 1. The standard InChI is InChI=1S/C10H16FN/c1-3-4-5-9-7-6-8(2)10(11)12-9/h6-9H,3-5H2,1-2H3. The lowest BCUT2D eigenvalue weighted by Gasteiger charge is -2.14. The molecule has 0 fully saturated rings. The van der Waals surface area contributed by atoms with Crippen molar-refractivity contribution in [3.8, 4) is 0 Å². The molecule has 0 N–H and O–H groups in total. The van der Waals surface area contributed by atoms with Crippen LogP contribution in [0.25, 0.3) is 0 Å². The van der Waals surface area contributed by atoms with Gasteiger partial charge >= 0.3 is 0 Å². The average molecular weight is 169 g/mol. The summed E-state index contributed by atoms with van der Waals surface area (Å²) in [7, 11) is 0. The molecule has 0 saturated heterocycles. The van der Waals surface area contributed by atoms with Crippen LogP contribution in [0.15, 0.2) is 17.1 Å². The summed E-state index contributed by atoms with van der Waals surface area (Å²) in [5.74, 6) is -0.318. The van der Waals surface area contributed by atoms with Crippen LogP contribution >= 0.6 is 0 Å². The Morgan fingerprint density at radius 2 is 2.25 bits per heavy atom. The average Bonchev–Trinajstić information content (AvgIpc) is 2.07. The van der Waals surface area contributed by atoms with Gasteiger partial charge in [0.2, 0.25) is 0 Å². The first-order chi connectivity index (χ1) is 5.74. The lowest BCUT2D eigenvalue weighted by atomic mass is 10.0. The van der Waals surface area contributed by atoms with Crippen LogP contribution in [-0.4, -0.2) is 12.0 Å². The molecule has 1 aliphatic heterocycles. The Morgan fingerprint density at radius 3 is 2.83 bits per heavy atom. The van der Waals surface area contributed by atoms with Gasteiger partial charge in [-0.05, 0) is 6.42 Å². The van der Waals surface area contributed by atoms with Crippen molar-refractivity contribution in [1.29, 1.82) is 0 Å². The summed E-state index contributed by atoms with van der Waals surface area (Å²) in [6.07, 6.45) is 7.18. The molecule has 0 radical (unpaired) electrons. The number of halogens is 1. The Kier molecular flexibility index (Phi) is 3.45. The van der Waals surface area contributed by atoms with E-state index in [1.165, 1.54) is 0 Å². The Balaban J connectivity index is 2.43. The summed E-state index contributed by atoms with van der Waals surface area (Å²) in [6.45, 7) is 3.96. The van der Waals surface area contributed by atoms with Gasteiger partial charge in [-0.3, -0.25) is 4.99 Å². The molecular formula is C10H16FN. The van der Waals surface area contributed by atoms with Gasteiger partial charge in [-0.15, -0.1) is 0 Å². The van der Waals surface area contributed by atoms with E-state index < -0.39 is 0 Å². The maximum absolute atomic E-state index is 13.0. The van der Waals surface area contributed by atoms with Crippen LogP contribution in [-0.2, 0) is 0 Å². The number of aliphatic imine (C=N–C) groups is 1. The fourth-order valence-electron chi connectivity index (χ4n) is 1.27. The normalized spacial score (nSPS) is 28.8. The molecule has 1 nitrogen and oxygen atoms in total. The number of unbranched alkanes of at least 4 members (excludes halogenated alkanes) is 1. The highest BCUT2D eigenvalue weighted by Crippen LogP contribution is 2.16. The maximum Gasteiger partial charge on any atom is 0.191 e. The number of rotatable bonds is 3. The third-order valence-electron chi connectivity index (χ3n) is 2.14. The van der Waals surface area contributed by atoms with Crippen molar-refractivity contribution in [2.45, 2.75) is 39.2 Å². The minimum Gasteiger partial charge on any atom is -0.254 e. The van der Waals surface area contributed by atoms with Crippen LogP contribution < -0.4 is 0 Å². The topological polar surface area (TPSA) is 12.4 Å². The van der Waals surface area contributed by atoms with E-state index in [0.717, 1.165) is 19.3 Å². The number of nitrogens with zero attached hydrogens (tertiary/aromatic N) is 1. The highest BCUT2D eigenvalue weighted by Gasteiger charge is 2.14. The zero-order valence-electron chi connectivity index (χ0n) is 7.76. The Labute approximate surface area is 73.4 Å². The molecule has 1 heterocycles. The molecule has 0 aromatic rings. The summed E-state index contributed by atoms with van der Waals surface area (Å²) in [5, 5.41) is 0. The summed E-state index contributed by atoms with van der Waals surface area (Å²) in [5.41, 5.74) is 0. The van der Waals surface area contributed by atoms with Gasteiger partial charge in [-0.1, -0.05) is 38.8 Å². The Hall–Kier alpha value is -0.660. The first-order valence-corrected chi connectivity index (χ1v) is 4.65. The minimum absolute atomic E-state index is 0.0983. The van der Waals surface area contributed by atoms with Gasteiger partial charge in [0.15, 0.2) is 5.97 Å². The van der Waals surface area contributed by atoms with E-state index in [-0.39, 0.29) is 17.9 Å². The number of hydrogen-bond acceptors (Lipinski definition) is 1. The molecule has 2 unspecified atom stereocenters. The van der Waals surface area contributed by atoms with Crippen molar-refractivity contribution in [3.05, 3.63) is 12.2 Å². The lowest BCUT2D eigenvalue weighted by Crippen LogP contribution is -2.14. The second kappa shape index (κ2) is 4.39. The van der Waals surface area contributed by atoms with Crippen molar-refractivity contribution in [2.75, 3.05) is 0 Å². The van der Waals surface area contributed by atoms with Gasteiger partial charge in [0.05, 0.1) is 6.04 Å². The van der Waals surface area contributed by atoms with E-state index in [0.29, 0.717) is 0 Å². The molecule has 0 saturated carbocycles. The fraction of sp³-hybridized carbons (Fsp3) is 0.700. The zero-order valence-corrected chi connectivity index (χ0v) is 7.76. The molecule has 2 atom stereocenters. The van der Waals surface area contributed by atoms with Crippen LogP contribution in [0, 0.1) is 5.92 Å². The molecule has 0 amide bonds. The molecule has 1 aliphatic rings. The third kappa shape index (κ3) is 2.43. The highest BCUT2D eigenvalue weighted by molar-refractivity contribution is 5.80. The van der Waals surface area contributed by atoms with Gasteiger partial charge in [-0.25, -0.2) is 0 Å². The van der Waals surface area contributed by atoms with Crippen LogP contribution in [0.4, 0.5) is 4.39 Å². The van der Waals surface area contributed by atoms with Crippen molar-refractivity contribution in [1.82, 2.24) is 0 Å². The van der Waals surface area contributed by atoms with Crippen LogP contribution in [0.1, 0.15) is 33.1 Å². The van der Waals surface area contributed by atoms with Crippen molar-refractivity contribution in [3.63, 3.8) is 0 Å². The van der Waals surface area contributed by atoms with Gasteiger partial charge in [0.25, 0.3) is 0 Å². The Morgan fingerprint density at radius 1 is 1.50 bits per heavy atom. The summed E-state index contributed by atoms with van der Waals surface area (Å²) in [6, 6.07) is 0.0983. The monoisotopic (exact) mass is 169 g/mol. The molecule has 12 heavy (non-hydrogen) atoms. The molecule has 0 aromatic heterocycles. The number of dihydropyridines is 1. The summed E-state index contributed by atoms with van der Waals surface area (Å²) >= 11 is 0. The summed E-state index contributed by atoms with van der Waals surface area (Å²) < 4.78 is 13.0. The predicted molar refractivity (Wildman–Crippen MR) is 50.2 cm³/mol. The van der Waals surface area contributed by atoms with E-state index in [9.17, 15) is 4.39 Å². The second-order valence-corrected chi connectivity index (χ2v) is 3.33. The smallest absolute Gasteiger partial charge is 0.191 e. The number of hydrogen-bond donors (Lipinski definition) is 0. The van der Waals surface area contributed by atoms with Gasteiger partial charge in [-0.2, -0.15) is 4.39 Å². The van der Waals surface area contributed by atoms with Gasteiger partial charge in [0.1, 0.15) is 0 Å². The van der Waals surface area contributed by atoms with E-state index in [1.807, 2.05) is 19.1 Å². The van der Waals surface area contributed by atoms with E-state index in [1.54, 1.807) is 0 Å². The zero-order chi connectivity index (χ0) is 8.97. The van der Waals surface area contributed by atoms with Crippen molar-refractivity contribution in [2.24, 2.45) is 10.9 Å². The molecule has 0 spiro atoms. The van der Waals surface area contributed by atoms with Crippen LogP contribution in [0.2, 0.25) is 0 Å². The molecule has 0 aromatic carbocycles. The molecule has 2 heteroatoms. The predicted octanol–water partition coefficient (Wildman–Crippen LogP) is 3.12. The first-order valence-electron chi connectivity index (χ1n) is 4.65. The molecular weight excluding hydrogens is 153 g/mol. The SMILES string of the molecule is CCCCC1C=CC(C)C(F)=N1. The van der Waals surface area contributed by atoms with E-state index >= 15 is 0 Å². The fourth-order valence-corrected chi connectivity index (χ4v) is 1.27. The molecule has 68 valence electrons. The van der Waals surface area contributed by atoms with Gasteiger partial charge in [0, 0.05) is 5.92 Å². The minimum atomic E-state index is -0.210. The second-order valence-electron chi connectivity index (χ2n) is 3.33.